The van der Waals surface area contributed by atoms with Gasteiger partial charge in [-0.05, 0) is 55.3 Å². The second kappa shape index (κ2) is 10.0. The van der Waals surface area contributed by atoms with Gasteiger partial charge in [-0.15, -0.1) is 0 Å². The van der Waals surface area contributed by atoms with Crippen LogP contribution < -0.4 is 19.7 Å². The van der Waals surface area contributed by atoms with Crippen LogP contribution >= 0.6 is 0 Å². The molecule has 1 aliphatic heterocycles. The summed E-state index contributed by atoms with van der Waals surface area (Å²) in [6.07, 6.45) is 1.91. The summed E-state index contributed by atoms with van der Waals surface area (Å²) in [6.45, 7) is 1.46. The first-order valence-corrected chi connectivity index (χ1v) is 12.4. The molecule has 0 unspecified atom stereocenters. The average Bonchev–Trinajstić information content (AvgIpc) is 3.39. The van der Waals surface area contributed by atoms with Crippen molar-refractivity contribution < 1.29 is 22.9 Å². The van der Waals surface area contributed by atoms with E-state index in [1.54, 1.807) is 36.4 Å². The zero-order valence-corrected chi connectivity index (χ0v) is 19.7. The summed E-state index contributed by atoms with van der Waals surface area (Å²) in [5.41, 5.74) is 1.18. The fourth-order valence-corrected chi connectivity index (χ4v) is 5.22. The van der Waals surface area contributed by atoms with Gasteiger partial charge in [0.25, 0.3) is 21.6 Å². The molecule has 10 nitrogen and oxygen atoms in total. The molecule has 1 amide bonds. The van der Waals surface area contributed by atoms with Crippen LogP contribution in [-0.4, -0.2) is 39.4 Å². The van der Waals surface area contributed by atoms with Gasteiger partial charge in [-0.1, -0.05) is 12.1 Å². The van der Waals surface area contributed by atoms with Crippen molar-refractivity contribution >= 4 is 38.7 Å². The SMILES string of the molecule is COc1ccccc1NS(=O)(=O)c1cc(NC(=O)c2ccc([N+](=O)[O-])cc2)ccc1N1CCCC1. The summed E-state index contributed by atoms with van der Waals surface area (Å²) >= 11 is 0. The Balaban J connectivity index is 1.66. The molecule has 0 atom stereocenters. The molecule has 0 spiro atoms. The van der Waals surface area contributed by atoms with E-state index in [2.05, 4.69) is 10.0 Å². The van der Waals surface area contributed by atoms with Gasteiger partial charge in [-0.25, -0.2) is 8.42 Å². The van der Waals surface area contributed by atoms with Crippen LogP contribution in [0.5, 0.6) is 5.75 Å². The number of nitro groups is 1. The minimum atomic E-state index is -4.05. The molecule has 0 bridgehead atoms. The van der Waals surface area contributed by atoms with Gasteiger partial charge in [-0.2, -0.15) is 0 Å². The number of rotatable bonds is 8. The fraction of sp³-hybridized carbons (Fsp3) is 0.208. The zero-order valence-electron chi connectivity index (χ0n) is 18.9. The van der Waals surface area contributed by atoms with Crippen LogP contribution in [-0.2, 0) is 10.0 Å². The Bertz CT molecular complexity index is 1350. The molecule has 4 rings (SSSR count). The number of amides is 1. The maximum Gasteiger partial charge on any atom is 0.269 e. The van der Waals surface area contributed by atoms with Crippen molar-refractivity contribution in [3.8, 4) is 5.75 Å². The quantitative estimate of drug-likeness (QED) is 0.352. The summed E-state index contributed by atoms with van der Waals surface area (Å²) in [6, 6.07) is 16.6. The third-order valence-electron chi connectivity index (χ3n) is 5.65. The first-order valence-electron chi connectivity index (χ1n) is 10.9. The lowest BCUT2D eigenvalue weighted by atomic mass is 10.2. The Morgan fingerprint density at radius 1 is 1.03 bits per heavy atom. The molecule has 0 aliphatic carbocycles. The van der Waals surface area contributed by atoms with Crippen LogP contribution in [0.15, 0.2) is 71.6 Å². The molecule has 0 radical (unpaired) electrons. The van der Waals surface area contributed by atoms with Crippen LogP contribution in [0.25, 0.3) is 0 Å². The summed E-state index contributed by atoms with van der Waals surface area (Å²) in [5, 5.41) is 13.5. The van der Waals surface area contributed by atoms with Crippen molar-refractivity contribution in [3.05, 3.63) is 82.4 Å². The van der Waals surface area contributed by atoms with E-state index in [0.29, 0.717) is 17.1 Å². The maximum absolute atomic E-state index is 13.5. The van der Waals surface area contributed by atoms with Crippen LogP contribution in [0.1, 0.15) is 23.2 Å². The van der Waals surface area contributed by atoms with Gasteiger partial charge >= 0.3 is 0 Å². The van der Waals surface area contributed by atoms with Crippen LogP contribution in [0.3, 0.4) is 0 Å². The third kappa shape index (κ3) is 5.35. The topological polar surface area (TPSA) is 131 Å². The summed E-state index contributed by atoms with van der Waals surface area (Å²) in [4.78, 5) is 25.0. The second-order valence-electron chi connectivity index (χ2n) is 7.94. The maximum atomic E-state index is 13.5. The average molecular weight is 497 g/mol. The zero-order chi connectivity index (χ0) is 25.0. The number of para-hydroxylation sites is 2. The lowest BCUT2D eigenvalue weighted by Crippen LogP contribution is -2.23. The van der Waals surface area contributed by atoms with E-state index in [1.165, 1.54) is 37.4 Å². The van der Waals surface area contributed by atoms with Crippen molar-refractivity contribution in [3.63, 3.8) is 0 Å². The Morgan fingerprint density at radius 3 is 2.37 bits per heavy atom. The van der Waals surface area contributed by atoms with Gasteiger partial charge in [0.1, 0.15) is 10.6 Å². The summed E-state index contributed by atoms with van der Waals surface area (Å²) in [7, 11) is -2.59. The highest BCUT2D eigenvalue weighted by Crippen LogP contribution is 2.34. The van der Waals surface area contributed by atoms with Crippen LogP contribution in [0, 0.1) is 10.1 Å². The minimum absolute atomic E-state index is 0.0202. The number of carbonyl (C=O) groups is 1. The smallest absolute Gasteiger partial charge is 0.269 e. The number of methoxy groups -OCH3 is 1. The van der Waals surface area contributed by atoms with Gasteiger partial charge in [0.2, 0.25) is 0 Å². The van der Waals surface area contributed by atoms with Gasteiger partial charge in [0.05, 0.1) is 23.4 Å². The molecule has 3 aromatic rings. The van der Waals surface area contributed by atoms with Gasteiger partial charge in [0, 0.05) is 36.5 Å². The van der Waals surface area contributed by atoms with E-state index < -0.39 is 20.9 Å². The van der Waals surface area contributed by atoms with E-state index in [0.717, 1.165) is 25.9 Å². The molecule has 1 saturated heterocycles. The number of nitrogens with one attached hydrogen (secondary N) is 2. The summed E-state index contributed by atoms with van der Waals surface area (Å²) in [5.74, 6) is -0.142. The summed E-state index contributed by atoms with van der Waals surface area (Å²) < 4.78 is 34.8. The molecular weight excluding hydrogens is 472 g/mol. The molecule has 2 N–H and O–H groups in total. The number of nitrogens with zero attached hydrogens (tertiary/aromatic N) is 2. The first kappa shape index (κ1) is 24.0. The molecule has 3 aromatic carbocycles. The van der Waals surface area contributed by atoms with E-state index in [1.807, 2.05) is 4.90 Å². The van der Waals surface area contributed by atoms with Crippen molar-refractivity contribution in [2.75, 3.05) is 35.1 Å². The number of nitro benzene ring substituents is 1. The number of benzene rings is 3. The van der Waals surface area contributed by atoms with E-state index >= 15 is 0 Å². The predicted molar refractivity (Wildman–Crippen MR) is 133 cm³/mol. The van der Waals surface area contributed by atoms with Crippen LogP contribution in [0.2, 0.25) is 0 Å². The third-order valence-corrected chi connectivity index (χ3v) is 7.04. The molecule has 1 aliphatic rings. The normalized spacial score (nSPS) is 13.3. The van der Waals surface area contributed by atoms with Crippen LogP contribution in [0.4, 0.5) is 22.7 Å². The van der Waals surface area contributed by atoms with Gasteiger partial charge < -0.3 is 15.0 Å². The molecule has 182 valence electrons. The minimum Gasteiger partial charge on any atom is -0.495 e. The Labute approximate surface area is 202 Å². The number of carbonyl (C=O) groups excluding carboxylic acids is 1. The lowest BCUT2D eigenvalue weighted by molar-refractivity contribution is -0.384. The van der Waals surface area contributed by atoms with Gasteiger partial charge in [-0.3, -0.25) is 19.6 Å². The molecular formula is C24H24N4O6S. The monoisotopic (exact) mass is 496 g/mol. The van der Waals surface area contributed by atoms with Crippen molar-refractivity contribution in [2.24, 2.45) is 0 Å². The molecule has 1 fully saturated rings. The molecule has 35 heavy (non-hydrogen) atoms. The highest BCUT2D eigenvalue weighted by molar-refractivity contribution is 7.93. The van der Waals surface area contributed by atoms with Crippen molar-refractivity contribution in [1.82, 2.24) is 0 Å². The lowest BCUT2D eigenvalue weighted by Gasteiger charge is -2.23. The standard InChI is InChI=1S/C24H24N4O6S/c1-34-22-7-3-2-6-20(22)26-35(32,33)23-16-18(10-13-21(23)27-14-4-5-15-27)25-24(29)17-8-11-19(12-9-17)28(30)31/h2-3,6-13,16,26H,4-5,14-15H2,1H3,(H,25,29). The number of hydrogen-bond acceptors (Lipinski definition) is 7. The number of ether oxygens (including phenoxy) is 1. The Kier molecular flexibility index (Phi) is 6.87. The largest absolute Gasteiger partial charge is 0.495 e. The van der Waals surface area contributed by atoms with Crippen molar-refractivity contribution in [2.45, 2.75) is 17.7 Å². The highest BCUT2D eigenvalue weighted by atomic mass is 32.2. The number of sulfonamides is 1. The highest BCUT2D eigenvalue weighted by Gasteiger charge is 2.26. The Hall–Kier alpha value is -4.12. The fourth-order valence-electron chi connectivity index (χ4n) is 3.89. The predicted octanol–water partition coefficient (Wildman–Crippen LogP) is 4.26. The van der Waals surface area contributed by atoms with Gasteiger partial charge in [0.15, 0.2) is 0 Å². The molecule has 11 heteroatoms. The number of hydrogen-bond donors (Lipinski definition) is 2. The number of non-ortho nitro benzene ring substituents is 1. The Morgan fingerprint density at radius 2 is 1.71 bits per heavy atom. The molecule has 0 saturated carbocycles. The second-order valence-corrected chi connectivity index (χ2v) is 9.59. The molecule has 1 heterocycles. The van der Waals surface area contributed by atoms with E-state index in [4.69, 9.17) is 4.74 Å². The first-order chi connectivity index (χ1) is 16.8. The number of anilines is 3. The van der Waals surface area contributed by atoms with E-state index in [9.17, 15) is 23.3 Å². The van der Waals surface area contributed by atoms with Crippen molar-refractivity contribution in [1.29, 1.82) is 0 Å². The molecule has 0 aromatic heterocycles. The van der Waals surface area contributed by atoms with E-state index in [-0.39, 0.29) is 21.8 Å².